The molecule has 2 aromatic heterocycles. The van der Waals surface area contributed by atoms with Gasteiger partial charge in [0.15, 0.2) is 5.65 Å². The molecule has 3 heterocycles. The molecule has 4 aromatic rings. The van der Waals surface area contributed by atoms with Crippen molar-refractivity contribution in [3.8, 4) is 16.9 Å². The fourth-order valence-electron chi connectivity index (χ4n) is 4.00. The molecule has 1 aliphatic heterocycles. The molecule has 8 nitrogen and oxygen atoms in total. The summed E-state index contributed by atoms with van der Waals surface area (Å²) in [5.74, 6) is 1.74. The minimum Gasteiger partial charge on any atom is -0.494 e. The van der Waals surface area contributed by atoms with Crippen molar-refractivity contribution in [2.24, 2.45) is 0 Å². The Labute approximate surface area is 187 Å². The first-order valence-electron chi connectivity index (χ1n) is 11.0. The SMILES string of the molecule is CN(C)CCCOc1ccc(-c2ccc3ncc4nnc(N5CCOCC5)n4c3c2)cc1. The first-order valence-corrected chi connectivity index (χ1v) is 11.0. The van der Waals surface area contributed by atoms with E-state index in [4.69, 9.17) is 9.47 Å². The highest BCUT2D eigenvalue weighted by Crippen LogP contribution is 2.28. The summed E-state index contributed by atoms with van der Waals surface area (Å²) in [4.78, 5) is 8.97. The van der Waals surface area contributed by atoms with Gasteiger partial charge in [0.05, 0.1) is 37.1 Å². The lowest BCUT2D eigenvalue weighted by Crippen LogP contribution is -2.37. The number of anilines is 1. The van der Waals surface area contributed by atoms with Gasteiger partial charge in [-0.3, -0.25) is 9.38 Å². The number of fused-ring (bicyclic) bond motifs is 3. The molecule has 0 N–H and O–H groups in total. The molecule has 0 amide bonds. The second-order valence-corrected chi connectivity index (χ2v) is 8.28. The van der Waals surface area contributed by atoms with Gasteiger partial charge in [0, 0.05) is 19.6 Å². The van der Waals surface area contributed by atoms with E-state index >= 15 is 0 Å². The molecule has 8 heteroatoms. The standard InChI is InChI=1S/C24H28N6O2/c1-28(2)10-3-13-32-20-7-4-18(5-8-20)19-6-9-21-22(16-19)30-23(17-25-21)26-27-24(30)29-11-14-31-15-12-29/h4-9,16-17H,3,10-15H2,1-2H3. The average molecular weight is 433 g/mol. The van der Waals surface area contributed by atoms with E-state index in [-0.39, 0.29) is 0 Å². The maximum absolute atomic E-state index is 5.87. The van der Waals surface area contributed by atoms with Crippen LogP contribution in [0.3, 0.4) is 0 Å². The van der Waals surface area contributed by atoms with Gasteiger partial charge in [-0.05, 0) is 55.9 Å². The predicted molar refractivity (Wildman–Crippen MR) is 125 cm³/mol. The minimum absolute atomic E-state index is 0.701. The van der Waals surface area contributed by atoms with Crippen molar-refractivity contribution in [2.75, 3.05) is 58.5 Å². The number of aromatic nitrogens is 4. The van der Waals surface area contributed by atoms with E-state index in [1.165, 1.54) is 0 Å². The Bertz CT molecular complexity index is 1200. The molecule has 0 atom stereocenters. The second-order valence-electron chi connectivity index (χ2n) is 8.28. The fourth-order valence-corrected chi connectivity index (χ4v) is 4.00. The van der Waals surface area contributed by atoms with Crippen LogP contribution in [0.2, 0.25) is 0 Å². The van der Waals surface area contributed by atoms with Gasteiger partial charge in [-0.15, -0.1) is 10.2 Å². The molecule has 166 valence electrons. The number of benzene rings is 2. The average Bonchev–Trinajstić information content (AvgIpc) is 3.27. The topological polar surface area (TPSA) is 68.0 Å². The molecule has 32 heavy (non-hydrogen) atoms. The van der Waals surface area contributed by atoms with Gasteiger partial charge in [0.25, 0.3) is 0 Å². The van der Waals surface area contributed by atoms with Crippen LogP contribution >= 0.6 is 0 Å². The zero-order valence-corrected chi connectivity index (χ0v) is 18.6. The zero-order valence-electron chi connectivity index (χ0n) is 18.6. The van der Waals surface area contributed by atoms with Gasteiger partial charge in [0.2, 0.25) is 5.95 Å². The molecule has 0 radical (unpaired) electrons. The molecular formula is C24H28N6O2. The number of morpholine rings is 1. The minimum atomic E-state index is 0.701. The number of hydrogen-bond acceptors (Lipinski definition) is 7. The van der Waals surface area contributed by atoms with Crippen molar-refractivity contribution < 1.29 is 9.47 Å². The lowest BCUT2D eigenvalue weighted by atomic mass is 10.0. The van der Waals surface area contributed by atoms with Crippen LogP contribution < -0.4 is 9.64 Å². The third kappa shape index (κ3) is 4.24. The van der Waals surface area contributed by atoms with E-state index in [1.54, 1.807) is 6.20 Å². The molecule has 1 aliphatic rings. The van der Waals surface area contributed by atoms with Crippen molar-refractivity contribution in [1.82, 2.24) is 24.5 Å². The normalized spacial score (nSPS) is 14.5. The molecule has 0 bridgehead atoms. The van der Waals surface area contributed by atoms with Gasteiger partial charge in [0.1, 0.15) is 5.75 Å². The van der Waals surface area contributed by atoms with Crippen LogP contribution in [0.1, 0.15) is 6.42 Å². The van der Waals surface area contributed by atoms with Crippen molar-refractivity contribution in [3.63, 3.8) is 0 Å². The van der Waals surface area contributed by atoms with Crippen LogP contribution in [-0.2, 0) is 4.74 Å². The molecular weight excluding hydrogens is 404 g/mol. The first kappa shape index (κ1) is 20.7. The highest BCUT2D eigenvalue weighted by molar-refractivity contribution is 5.84. The van der Waals surface area contributed by atoms with Crippen LogP contribution in [0.25, 0.3) is 27.8 Å². The van der Waals surface area contributed by atoms with E-state index in [0.29, 0.717) is 13.2 Å². The monoisotopic (exact) mass is 432 g/mol. The predicted octanol–water partition coefficient (Wildman–Crippen LogP) is 3.11. The molecule has 0 unspecified atom stereocenters. The Morgan fingerprint density at radius 2 is 1.78 bits per heavy atom. The lowest BCUT2D eigenvalue weighted by molar-refractivity contribution is 0.122. The molecule has 5 rings (SSSR count). The second kappa shape index (κ2) is 9.10. The van der Waals surface area contributed by atoms with E-state index < -0.39 is 0 Å². The molecule has 0 saturated carbocycles. The van der Waals surface area contributed by atoms with Crippen molar-refractivity contribution >= 4 is 22.6 Å². The highest BCUT2D eigenvalue weighted by Gasteiger charge is 2.19. The number of ether oxygens (including phenoxy) is 2. The summed E-state index contributed by atoms with van der Waals surface area (Å²) < 4.78 is 13.5. The summed E-state index contributed by atoms with van der Waals surface area (Å²) >= 11 is 0. The van der Waals surface area contributed by atoms with E-state index in [1.807, 2.05) is 12.1 Å². The summed E-state index contributed by atoms with van der Waals surface area (Å²) in [5, 5.41) is 8.81. The third-order valence-corrected chi connectivity index (χ3v) is 5.71. The van der Waals surface area contributed by atoms with Crippen LogP contribution in [0.15, 0.2) is 48.7 Å². The Balaban J connectivity index is 1.43. The first-order chi connectivity index (χ1) is 15.7. The van der Waals surface area contributed by atoms with Crippen LogP contribution in [0.4, 0.5) is 5.95 Å². The smallest absolute Gasteiger partial charge is 0.232 e. The highest BCUT2D eigenvalue weighted by atomic mass is 16.5. The van der Waals surface area contributed by atoms with Gasteiger partial charge in [-0.2, -0.15) is 0 Å². The summed E-state index contributed by atoms with van der Waals surface area (Å²) in [5.41, 5.74) is 4.91. The molecule has 0 spiro atoms. The van der Waals surface area contributed by atoms with Gasteiger partial charge < -0.3 is 19.3 Å². The fraction of sp³-hybridized carbons (Fsp3) is 0.375. The van der Waals surface area contributed by atoms with E-state index in [0.717, 1.165) is 72.2 Å². The molecule has 2 aromatic carbocycles. The van der Waals surface area contributed by atoms with Crippen molar-refractivity contribution in [3.05, 3.63) is 48.7 Å². The quantitative estimate of drug-likeness (QED) is 0.416. The van der Waals surface area contributed by atoms with Crippen LogP contribution in [0.5, 0.6) is 5.75 Å². The van der Waals surface area contributed by atoms with E-state index in [9.17, 15) is 0 Å². The van der Waals surface area contributed by atoms with Crippen LogP contribution in [0, 0.1) is 0 Å². The Morgan fingerprint density at radius 3 is 2.56 bits per heavy atom. The Morgan fingerprint density at radius 1 is 1.00 bits per heavy atom. The maximum Gasteiger partial charge on any atom is 0.232 e. The summed E-state index contributed by atoms with van der Waals surface area (Å²) in [6.07, 6.45) is 2.79. The number of nitrogens with zero attached hydrogens (tertiary/aromatic N) is 6. The van der Waals surface area contributed by atoms with Gasteiger partial charge >= 0.3 is 0 Å². The van der Waals surface area contributed by atoms with Gasteiger partial charge in [-0.1, -0.05) is 18.2 Å². The lowest BCUT2D eigenvalue weighted by Gasteiger charge is -2.26. The molecule has 1 saturated heterocycles. The Kier molecular flexibility index (Phi) is 5.87. The van der Waals surface area contributed by atoms with Crippen molar-refractivity contribution in [2.45, 2.75) is 6.42 Å². The molecule has 1 fully saturated rings. The van der Waals surface area contributed by atoms with Crippen LogP contribution in [-0.4, -0.2) is 78.0 Å². The summed E-state index contributed by atoms with van der Waals surface area (Å²) in [7, 11) is 4.15. The molecule has 0 aliphatic carbocycles. The Hall–Kier alpha value is -3.23. The number of rotatable bonds is 7. The van der Waals surface area contributed by atoms with E-state index in [2.05, 4.69) is 73.8 Å². The largest absolute Gasteiger partial charge is 0.494 e. The third-order valence-electron chi connectivity index (χ3n) is 5.71. The van der Waals surface area contributed by atoms with Gasteiger partial charge in [-0.25, -0.2) is 0 Å². The summed E-state index contributed by atoms with van der Waals surface area (Å²) in [6, 6.07) is 14.6. The maximum atomic E-state index is 5.87. The number of hydrogen-bond donors (Lipinski definition) is 0. The zero-order chi connectivity index (χ0) is 21.9. The summed E-state index contributed by atoms with van der Waals surface area (Å²) in [6.45, 7) is 4.75. The van der Waals surface area contributed by atoms with Crippen molar-refractivity contribution in [1.29, 1.82) is 0 Å².